The van der Waals surface area contributed by atoms with Gasteiger partial charge in [-0.1, -0.05) is 0 Å². The molecule has 3 nitrogen and oxygen atoms in total. The maximum absolute atomic E-state index is 8.43. The Kier molecular flexibility index (Phi) is 2.18. The number of rotatable bonds is 1. The van der Waals surface area contributed by atoms with Crippen LogP contribution in [0.4, 0.5) is 0 Å². The Morgan fingerprint density at radius 3 is 2.67 bits per heavy atom. The third-order valence-corrected chi connectivity index (χ3v) is 1.59. The highest BCUT2D eigenvalue weighted by Gasteiger charge is 2.13. The van der Waals surface area contributed by atoms with Gasteiger partial charge in [-0.25, -0.2) is 0 Å². The first-order valence-electron chi connectivity index (χ1n) is 3.96. The van der Waals surface area contributed by atoms with Crippen LogP contribution in [0, 0.1) is 11.3 Å². The number of nitriles is 1. The maximum Gasteiger partial charge on any atom is 0.0793 e. The normalized spacial score (nSPS) is 11.2. The molecule has 1 aromatic heterocycles. The van der Waals surface area contributed by atoms with Crippen molar-refractivity contribution in [3.63, 3.8) is 0 Å². The average molecular weight is 163 g/mol. The van der Waals surface area contributed by atoms with Gasteiger partial charge in [-0.05, 0) is 26.8 Å². The summed E-state index contributed by atoms with van der Waals surface area (Å²) in [5.41, 5.74) is 0.848. The molecule has 64 valence electrons. The van der Waals surface area contributed by atoms with Gasteiger partial charge < -0.3 is 0 Å². The molecule has 0 spiro atoms. The minimum Gasteiger partial charge on any atom is -0.267 e. The number of hydrogen-bond donors (Lipinski definition) is 0. The van der Waals surface area contributed by atoms with Gasteiger partial charge in [0.1, 0.15) is 0 Å². The summed E-state index contributed by atoms with van der Waals surface area (Å²) in [6.07, 6.45) is 2.30. The van der Waals surface area contributed by atoms with E-state index < -0.39 is 0 Å². The Labute approximate surface area is 72.6 Å². The lowest BCUT2D eigenvalue weighted by molar-refractivity contribution is 0.353. The Hall–Kier alpha value is -1.30. The second-order valence-corrected chi connectivity index (χ2v) is 3.76. The fourth-order valence-electron chi connectivity index (χ4n) is 0.911. The van der Waals surface area contributed by atoms with Crippen LogP contribution in [0.2, 0.25) is 0 Å². The zero-order chi connectivity index (χ0) is 9.19. The van der Waals surface area contributed by atoms with Gasteiger partial charge in [0, 0.05) is 6.20 Å². The largest absolute Gasteiger partial charge is 0.267 e. The van der Waals surface area contributed by atoms with Gasteiger partial charge in [-0.15, -0.1) is 0 Å². The number of hydrogen-bond acceptors (Lipinski definition) is 2. The van der Waals surface area contributed by atoms with Crippen LogP contribution in [0.15, 0.2) is 12.3 Å². The highest BCUT2D eigenvalue weighted by Crippen LogP contribution is 2.12. The van der Waals surface area contributed by atoms with E-state index in [9.17, 15) is 0 Å². The Morgan fingerprint density at radius 1 is 1.58 bits per heavy atom. The first kappa shape index (κ1) is 8.79. The summed E-state index contributed by atoms with van der Waals surface area (Å²) in [6.45, 7) is 6.24. The van der Waals surface area contributed by atoms with Crippen LogP contribution in [-0.2, 0) is 12.0 Å². The molecule has 0 radical (unpaired) electrons. The van der Waals surface area contributed by atoms with E-state index in [0.717, 1.165) is 5.69 Å². The molecule has 1 aromatic rings. The van der Waals surface area contributed by atoms with E-state index in [2.05, 4.69) is 31.9 Å². The summed E-state index contributed by atoms with van der Waals surface area (Å²) >= 11 is 0. The fraction of sp³-hybridized carbons (Fsp3) is 0.556. The van der Waals surface area contributed by atoms with E-state index >= 15 is 0 Å². The molecule has 0 bridgehead atoms. The third-order valence-electron chi connectivity index (χ3n) is 1.59. The predicted molar refractivity (Wildman–Crippen MR) is 46.5 cm³/mol. The first-order chi connectivity index (χ1) is 5.54. The zero-order valence-corrected chi connectivity index (χ0v) is 7.70. The number of nitrogens with zero attached hydrogens (tertiary/aromatic N) is 3. The lowest BCUT2D eigenvalue weighted by atomic mass is 10.1. The molecule has 0 aliphatic carbocycles. The van der Waals surface area contributed by atoms with E-state index in [1.165, 1.54) is 0 Å². The van der Waals surface area contributed by atoms with Crippen molar-refractivity contribution in [2.45, 2.75) is 32.7 Å². The average Bonchev–Trinajstić information content (AvgIpc) is 2.35. The van der Waals surface area contributed by atoms with Gasteiger partial charge in [0.2, 0.25) is 0 Å². The molecule has 0 saturated carbocycles. The standard InChI is InChI=1S/C9H13N3/c1-9(2,3)12-7-5-8(11-12)4-6-10/h5,7H,4H2,1-3H3. The molecule has 0 atom stereocenters. The van der Waals surface area contributed by atoms with Gasteiger partial charge >= 0.3 is 0 Å². The van der Waals surface area contributed by atoms with E-state index in [-0.39, 0.29) is 5.54 Å². The molecular formula is C9H13N3. The van der Waals surface area contributed by atoms with Crippen molar-refractivity contribution in [1.82, 2.24) is 9.78 Å². The van der Waals surface area contributed by atoms with Crippen LogP contribution in [0.3, 0.4) is 0 Å². The van der Waals surface area contributed by atoms with Crippen LogP contribution in [0.5, 0.6) is 0 Å². The van der Waals surface area contributed by atoms with E-state index in [1.807, 2.05) is 16.9 Å². The van der Waals surface area contributed by atoms with Gasteiger partial charge in [-0.3, -0.25) is 4.68 Å². The van der Waals surface area contributed by atoms with Crippen LogP contribution < -0.4 is 0 Å². The fourth-order valence-corrected chi connectivity index (χ4v) is 0.911. The summed E-state index contributed by atoms with van der Waals surface area (Å²) < 4.78 is 1.87. The minimum absolute atomic E-state index is 0.00764. The van der Waals surface area contributed by atoms with E-state index in [1.54, 1.807) is 0 Å². The van der Waals surface area contributed by atoms with Crippen LogP contribution in [0.1, 0.15) is 26.5 Å². The zero-order valence-electron chi connectivity index (χ0n) is 7.70. The molecule has 3 heteroatoms. The number of aromatic nitrogens is 2. The summed E-state index contributed by atoms with van der Waals surface area (Å²) in [4.78, 5) is 0. The molecular weight excluding hydrogens is 150 g/mol. The molecule has 1 rings (SSSR count). The van der Waals surface area contributed by atoms with Gasteiger partial charge in [0.25, 0.3) is 0 Å². The summed E-state index contributed by atoms with van der Waals surface area (Å²) in [5.74, 6) is 0. The quantitative estimate of drug-likeness (QED) is 0.632. The molecule has 12 heavy (non-hydrogen) atoms. The molecule has 1 heterocycles. The molecule has 0 fully saturated rings. The molecule has 0 aliphatic heterocycles. The Balaban J connectivity index is 2.86. The molecule has 0 saturated heterocycles. The van der Waals surface area contributed by atoms with Gasteiger partial charge in [-0.2, -0.15) is 10.4 Å². The Morgan fingerprint density at radius 2 is 2.25 bits per heavy atom. The summed E-state index contributed by atoms with van der Waals surface area (Å²) in [7, 11) is 0. The van der Waals surface area contributed by atoms with Crippen molar-refractivity contribution < 1.29 is 0 Å². The van der Waals surface area contributed by atoms with E-state index in [0.29, 0.717) is 6.42 Å². The maximum atomic E-state index is 8.43. The minimum atomic E-state index is 0.00764. The molecule has 0 N–H and O–H groups in total. The monoisotopic (exact) mass is 163 g/mol. The van der Waals surface area contributed by atoms with Gasteiger partial charge in [0.05, 0.1) is 23.7 Å². The van der Waals surface area contributed by atoms with Crippen molar-refractivity contribution in [2.24, 2.45) is 0 Å². The second-order valence-electron chi connectivity index (χ2n) is 3.76. The van der Waals surface area contributed by atoms with Gasteiger partial charge in [0.15, 0.2) is 0 Å². The van der Waals surface area contributed by atoms with E-state index in [4.69, 9.17) is 5.26 Å². The van der Waals surface area contributed by atoms with Crippen LogP contribution >= 0.6 is 0 Å². The smallest absolute Gasteiger partial charge is 0.0793 e. The van der Waals surface area contributed by atoms with Crippen molar-refractivity contribution in [3.05, 3.63) is 18.0 Å². The first-order valence-corrected chi connectivity index (χ1v) is 3.96. The lowest BCUT2D eigenvalue weighted by Gasteiger charge is -2.18. The lowest BCUT2D eigenvalue weighted by Crippen LogP contribution is -2.22. The second kappa shape index (κ2) is 2.98. The topological polar surface area (TPSA) is 41.6 Å². The highest BCUT2D eigenvalue weighted by atomic mass is 15.3. The Bertz CT molecular complexity index is 298. The molecule has 0 aliphatic rings. The van der Waals surface area contributed by atoms with Crippen LogP contribution in [0.25, 0.3) is 0 Å². The molecule has 0 unspecified atom stereocenters. The van der Waals surface area contributed by atoms with Crippen molar-refractivity contribution >= 4 is 0 Å². The van der Waals surface area contributed by atoms with Crippen molar-refractivity contribution in [1.29, 1.82) is 5.26 Å². The summed E-state index contributed by atoms with van der Waals surface area (Å²) in [6, 6.07) is 3.96. The predicted octanol–water partition coefficient (Wildman–Crippen LogP) is 1.70. The summed E-state index contributed by atoms with van der Waals surface area (Å²) in [5, 5.41) is 12.7. The van der Waals surface area contributed by atoms with Crippen molar-refractivity contribution in [2.75, 3.05) is 0 Å². The van der Waals surface area contributed by atoms with Crippen LogP contribution in [-0.4, -0.2) is 9.78 Å². The highest BCUT2D eigenvalue weighted by molar-refractivity contribution is 5.05. The SMILES string of the molecule is CC(C)(C)n1ccc(CC#N)n1. The molecule has 0 aromatic carbocycles. The molecule has 0 amide bonds. The van der Waals surface area contributed by atoms with Crippen molar-refractivity contribution in [3.8, 4) is 6.07 Å². The third kappa shape index (κ3) is 1.85.